The summed E-state index contributed by atoms with van der Waals surface area (Å²) < 4.78 is 0. The van der Waals surface area contributed by atoms with Crippen molar-refractivity contribution in [2.75, 3.05) is 0 Å². The zero-order valence-electron chi connectivity index (χ0n) is 7.83. The molecule has 0 heterocycles. The molecule has 3 heteroatoms. The number of fused-ring (bicyclic) bond motifs is 1. The number of nitriles is 1. The SMILES string of the molecule is N#Cc1cc(O)c2c(c1)[C@@H](N)CCC2. The predicted octanol–water partition coefficient (Wildman–Crippen LogP) is 1.60. The summed E-state index contributed by atoms with van der Waals surface area (Å²) in [4.78, 5) is 0. The summed E-state index contributed by atoms with van der Waals surface area (Å²) in [5.41, 5.74) is 8.26. The summed E-state index contributed by atoms with van der Waals surface area (Å²) in [5.74, 6) is 0.217. The molecule has 0 bridgehead atoms. The van der Waals surface area contributed by atoms with Gasteiger partial charge in [-0.2, -0.15) is 5.26 Å². The fraction of sp³-hybridized carbons (Fsp3) is 0.364. The second-order valence-corrected chi connectivity index (χ2v) is 3.67. The number of aromatic hydroxyl groups is 1. The summed E-state index contributed by atoms with van der Waals surface area (Å²) in [6.45, 7) is 0. The van der Waals surface area contributed by atoms with Gasteiger partial charge >= 0.3 is 0 Å². The molecular formula is C11H12N2O. The highest BCUT2D eigenvalue weighted by molar-refractivity contribution is 5.49. The number of nitrogens with zero attached hydrogens (tertiary/aromatic N) is 1. The first-order valence-corrected chi connectivity index (χ1v) is 4.74. The molecule has 0 radical (unpaired) electrons. The number of nitrogens with two attached hydrogens (primary N) is 1. The minimum atomic E-state index is -0.0297. The summed E-state index contributed by atoms with van der Waals surface area (Å²) >= 11 is 0. The number of phenolic OH excluding ortho intramolecular Hbond substituents is 1. The second kappa shape index (κ2) is 3.32. The van der Waals surface area contributed by atoms with Gasteiger partial charge in [0.15, 0.2) is 0 Å². The molecule has 0 aliphatic heterocycles. The van der Waals surface area contributed by atoms with Crippen molar-refractivity contribution in [2.45, 2.75) is 25.3 Å². The van der Waals surface area contributed by atoms with Crippen molar-refractivity contribution in [3.8, 4) is 11.8 Å². The topological polar surface area (TPSA) is 70.0 Å². The summed E-state index contributed by atoms with van der Waals surface area (Å²) in [7, 11) is 0. The molecule has 0 amide bonds. The third kappa shape index (κ3) is 1.34. The molecule has 1 atom stereocenters. The quantitative estimate of drug-likeness (QED) is 0.649. The van der Waals surface area contributed by atoms with Crippen LogP contribution in [0.3, 0.4) is 0 Å². The maximum Gasteiger partial charge on any atom is 0.120 e. The van der Waals surface area contributed by atoms with Gasteiger partial charge in [-0.25, -0.2) is 0 Å². The Morgan fingerprint density at radius 1 is 1.50 bits per heavy atom. The molecule has 72 valence electrons. The maximum absolute atomic E-state index is 9.68. The van der Waals surface area contributed by atoms with Gasteiger partial charge in [-0.3, -0.25) is 0 Å². The molecule has 1 aliphatic carbocycles. The summed E-state index contributed by atoms with van der Waals surface area (Å²) in [6.07, 6.45) is 2.80. The average Bonchev–Trinajstić information content (AvgIpc) is 2.19. The summed E-state index contributed by atoms with van der Waals surface area (Å²) in [5, 5.41) is 18.4. The van der Waals surface area contributed by atoms with Crippen LogP contribution >= 0.6 is 0 Å². The maximum atomic E-state index is 9.68. The molecule has 0 unspecified atom stereocenters. The lowest BCUT2D eigenvalue weighted by atomic mass is 9.86. The minimum absolute atomic E-state index is 0.0297. The predicted molar refractivity (Wildman–Crippen MR) is 52.7 cm³/mol. The molecule has 2 rings (SSSR count). The molecule has 0 saturated carbocycles. The van der Waals surface area contributed by atoms with Crippen molar-refractivity contribution in [2.24, 2.45) is 5.73 Å². The van der Waals surface area contributed by atoms with Crippen LogP contribution in [0.4, 0.5) is 0 Å². The van der Waals surface area contributed by atoms with Crippen LogP contribution < -0.4 is 5.73 Å². The van der Waals surface area contributed by atoms with Crippen LogP contribution in [0, 0.1) is 11.3 Å². The zero-order chi connectivity index (χ0) is 10.1. The third-order valence-electron chi connectivity index (χ3n) is 2.73. The van der Waals surface area contributed by atoms with E-state index in [4.69, 9.17) is 11.0 Å². The van der Waals surface area contributed by atoms with Gasteiger partial charge < -0.3 is 10.8 Å². The van der Waals surface area contributed by atoms with Crippen molar-refractivity contribution >= 4 is 0 Å². The Morgan fingerprint density at radius 2 is 2.29 bits per heavy atom. The number of rotatable bonds is 0. The van der Waals surface area contributed by atoms with Gasteiger partial charge in [0.25, 0.3) is 0 Å². The first-order chi connectivity index (χ1) is 6.72. The van der Waals surface area contributed by atoms with E-state index in [0.717, 1.165) is 30.4 Å². The Balaban J connectivity index is 2.58. The Labute approximate surface area is 82.8 Å². The molecule has 1 aromatic rings. The third-order valence-corrected chi connectivity index (χ3v) is 2.73. The highest BCUT2D eigenvalue weighted by Gasteiger charge is 2.20. The molecule has 1 aromatic carbocycles. The Bertz CT molecular complexity index is 406. The van der Waals surface area contributed by atoms with Crippen LogP contribution in [0.25, 0.3) is 0 Å². The van der Waals surface area contributed by atoms with Gasteiger partial charge in [-0.1, -0.05) is 0 Å². The van der Waals surface area contributed by atoms with Crippen molar-refractivity contribution in [3.05, 3.63) is 28.8 Å². The van der Waals surface area contributed by atoms with E-state index >= 15 is 0 Å². The fourth-order valence-corrected chi connectivity index (χ4v) is 2.00. The molecule has 1 aliphatic rings. The van der Waals surface area contributed by atoms with Crippen LogP contribution in [0.5, 0.6) is 5.75 Å². The van der Waals surface area contributed by atoms with Gasteiger partial charge in [0.2, 0.25) is 0 Å². The van der Waals surface area contributed by atoms with E-state index in [2.05, 4.69) is 0 Å². The number of hydrogen-bond donors (Lipinski definition) is 2. The Morgan fingerprint density at radius 3 is 3.00 bits per heavy atom. The van der Waals surface area contributed by atoms with E-state index < -0.39 is 0 Å². The lowest BCUT2D eigenvalue weighted by Gasteiger charge is -2.23. The van der Waals surface area contributed by atoms with E-state index in [0.29, 0.717) is 5.56 Å². The van der Waals surface area contributed by atoms with Gasteiger partial charge in [-0.15, -0.1) is 0 Å². The molecule has 0 aromatic heterocycles. The van der Waals surface area contributed by atoms with Crippen molar-refractivity contribution in [1.29, 1.82) is 5.26 Å². The monoisotopic (exact) mass is 188 g/mol. The number of hydrogen-bond acceptors (Lipinski definition) is 3. The highest BCUT2D eigenvalue weighted by Crippen LogP contribution is 2.34. The molecular weight excluding hydrogens is 176 g/mol. The highest BCUT2D eigenvalue weighted by atomic mass is 16.3. The molecule has 3 N–H and O–H groups in total. The Hall–Kier alpha value is -1.53. The van der Waals surface area contributed by atoms with Gasteiger partial charge in [-0.05, 0) is 42.5 Å². The van der Waals surface area contributed by atoms with E-state index in [1.54, 1.807) is 6.07 Å². The van der Waals surface area contributed by atoms with Gasteiger partial charge in [0, 0.05) is 6.04 Å². The van der Waals surface area contributed by atoms with Crippen molar-refractivity contribution in [3.63, 3.8) is 0 Å². The summed E-state index contributed by atoms with van der Waals surface area (Å²) in [6, 6.07) is 5.29. The lowest BCUT2D eigenvalue weighted by molar-refractivity contribution is 0.455. The lowest BCUT2D eigenvalue weighted by Crippen LogP contribution is -2.17. The van der Waals surface area contributed by atoms with Gasteiger partial charge in [0.1, 0.15) is 5.75 Å². The van der Waals surface area contributed by atoms with Crippen LogP contribution in [-0.2, 0) is 6.42 Å². The first-order valence-electron chi connectivity index (χ1n) is 4.74. The van der Waals surface area contributed by atoms with Crippen LogP contribution in [0.1, 0.15) is 35.6 Å². The molecule has 14 heavy (non-hydrogen) atoms. The molecule has 3 nitrogen and oxygen atoms in total. The number of benzene rings is 1. The second-order valence-electron chi connectivity index (χ2n) is 3.67. The van der Waals surface area contributed by atoms with Crippen LogP contribution in [-0.4, -0.2) is 5.11 Å². The molecule has 0 fully saturated rings. The molecule has 0 spiro atoms. The number of phenols is 1. The average molecular weight is 188 g/mol. The molecule has 0 saturated heterocycles. The minimum Gasteiger partial charge on any atom is -0.508 e. The standard InChI is InChI=1S/C11H12N2O/c12-6-7-4-9-8(11(14)5-7)2-1-3-10(9)13/h4-5,10,14H,1-3,13H2/t10-/m0/s1. The zero-order valence-corrected chi connectivity index (χ0v) is 7.83. The van der Waals surface area contributed by atoms with Crippen LogP contribution in [0.2, 0.25) is 0 Å². The normalized spacial score (nSPS) is 19.9. The first kappa shape index (κ1) is 9.04. The fourth-order valence-electron chi connectivity index (χ4n) is 2.00. The van der Waals surface area contributed by atoms with E-state index in [9.17, 15) is 5.11 Å². The van der Waals surface area contributed by atoms with E-state index in [1.807, 2.05) is 6.07 Å². The van der Waals surface area contributed by atoms with E-state index in [1.165, 1.54) is 6.07 Å². The van der Waals surface area contributed by atoms with Crippen molar-refractivity contribution in [1.82, 2.24) is 0 Å². The van der Waals surface area contributed by atoms with Gasteiger partial charge in [0.05, 0.1) is 11.6 Å². The smallest absolute Gasteiger partial charge is 0.120 e. The van der Waals surface area contributed by atoms with Crippen LogP contribution in [0.15, 0.2) is 12.1 Å². The Kier molecular flexibility index (Phi) is 2.14. The largest absolute Gasteiger partial charge is 0.508 e. The van der Waals surface area contributed by atoms with Crippen molar-refractivity contribution < 1.29 is 5.11 Å². The van der Waals surface area contributed by atoms with E-state index in [-0.39, 0.29) is 11.8 Å².